The minimum atomic E-state index is -0.0747. The molecule has 0 spiro atoms. The predicted octanol–water partition coefficient (Wildman–Crippen LogP) is 3.85. The Kier molecular flexibility index (Phi) is 4.99. The third-order valence-corrected chi connectivity index (χ3v) is 4.89. The first kappa shape index (κ1) is 18.7. The molecule has 0 atom stereocenters. The van der Waals surface area contributed by atoms with Gasteiger partial charge in [-0.3, -0.25) is 9.48 Å². The van der Waals surface area contributed by atoms with Gasteiger partial charge in [0.15, 0.2) is 0 Å². The van der Waals surface area contributed by atoms with Crippen LogP contribution in [0.3, 0.4) is 0 Å². The number of nitrogens with zero attached hydrogens (tertiary/aromatic N) is 5. The Labute approximate surface area is 170 Å². The highest BCUT2D eigenvalue weighted by atomic mass is 16.2. The van der Waals surface area contributed by atoms with Gasteiger partial charge in [0, 0.05) is 44.2 Å². The quantitative estimate of drug-likeness (QED) is 0.524. The summed E-state index contributed by atoms with van der Waals surface area (Å²) in [6.07, 6.45) is 5.51. The maximum atomic E-state index is 13.4. The van der Waals surface area contributed by atoms with Crippen LogP contribution < -0.4 is 0 Å². The van der Waals surface area contributed by atoms with Crippen molar-refractivity contribution in [2.75, 3.05) is 7.05 Å². The Bertz CT molecular complexity index is 1140. The molecule has 6 heteroatoms. The molecule has 0 saturated heterocycles. The smallest absolute Gasteiger partial charge is 0.257 e. The second-order valence-corrected chi connectivity index (χ2v) is 7.17. The molecule has 0 N–H and O–H groups in total. The Balaban J connectivity index is 1.75. The standard InChI is InChI=1S/C23H23N5O/c1-17-9-7-8-12-20(17)22-21(16-28(25-22)19-10-5-4-6-11-19)23(29)26(2)14-18-13-24-27(3)15-18/h4-13,15-16H,14H2,1-3H3. The zero-order valence-corrected chi connectivity index (χ0v) is 16.8. The molecule has 0 aliphatic carbocycles. The molecular weight excluding hydrogens is 362 g/mol. The first-order valence-electron chi connectivity index (χ1n) is 9.47. The van der Waals surface area contributed by atoms with E-state index in [1.165, 1.54) is 0 Å². The number of aryl methyl sites for hydroxylation is 2. The van der Waals surface area contributed by atoms with Gasteiger partial charge < -0.3 is 4.90 Å². The summed E-state index contributed by atoms with van der Waals surface area (Å²) in [6, 6.07) is 17.8. The lowest BCUT2D eigenvalue weighted by Gasteiger charge is -2.16. The third-order valence-electron chi connectivity index (χ3n) is 4.89. The van der Waals surface area contributed by atoms with Crippen LogP contribution in [0.25, 0.3) is 16.9 Å². The van der Waals surface area contributed by atoms with Crippen LogP contribution in [0.15, 0.2) is 73.2 Å². The number of rotatable bonds is 5. The van der Waals surface area contributed by atoms with Gasteiger partial charge in [0.05, 0.1) is 17.4 Å². The predicted molar refractivity (Wildman–Crippen MR) is 113 cm³/mol. The summed E-state index contributed by atoms with van der Waals surface area (Å²) >= 11 is 0. The van der Waals surface area contributed by atoms with E-state index in [0.29, 0.717) is 17.8 Å². The molecule has 2 aromatic heterocycles. The van der Waals surface area contributed by atoms with Crippen LogP contribution in [0.4, 0.5) is 0 Å². The number of hydrogen-bond donors (Lipinski definition) is 0. The normalized spacial score (nSPS) is 10.9. The van der Waals surface area contributed by atoms with Gasteiger partial charge in [-0.05, 0) is 24.6 Å². The molecule has 4 rings (SSSR count). The lowest BCUT2D eigenvalue weighted by Crippen LogP contribution is -2.26. The molecule has 29 heavy (non-hydrogen) atoms. The second-order valence-electron chi connectivity index (χ2n) is 7.17. The highest BCUT2D eigenvalue weighted by molar-refractivity contribution is 6.00. The van der Waals surface area contributed by atoms with Crippen molar-refractivity contribution in [3.05, 3.63) is 89.9 Å². The first-order chi connectivity index (χ1) is 14.0. The summed E-state index contributed by atoms with van der Waals surface area (Å²) < 4.78 is 3.51. The van der Waals surface area contributed by atoms with Crippen LogP contribution >= 0.6 is 0 Å². The fraction of sp³-hybridized carbons (Fsp3) is 0.174. The van der Waals surface area contributed by atoms with Crippen molar-refractivity contribution < 1.29 is 4.79 Å². The summed E-state index contributed by atoms with van der Waals surface area (Å²) in [4.78, 5) is 15.1. The van der Waals surface area contributed by atoms with Crippen LogP contribution in [-0.2, 0) is 13.6 Å². The number of para-hydroxylation sites is 1. The van der Waals surface area contributed by atoms with Gasteiger partial charge >= 0.3 is 0 Å². The zero-order valence-electron chi connectivity index (χ0n) is 16.8. The van der Waals surface area contributed by atoms with Crippen molar-refractivity contribution in [3.63, 3.8) is 0 Å². The van der Waals surface area contributed by atoms with E-state index in [-0.39, 0.29) is 5.91 Å². The molecule has 6 nitrogen and oxygen atoms in total. The Morgan fingerprint density at radius 2 is 1.76 bits per heavy atom. The summed E-state index contributed by atoms with van der Waals surface area (Å²) in [5.41, 5.74) is 5.20. The molecule has 4 aromatic rings. The fourth-order valence-electron chi connectivity index (χ4n) is 3.39. The molecular formula is C23H23N5O. The molecule has 0 saturated carbocycles. The van der Waals surface area contributed by atoms with E-state index >= 15 is 0 Å². The Morgan fingerprint density at radius 3 is 2.45 bits per heavy atom. The molecule has 2 aromatic carbocycles. The molecule has 0 bridgehead atoms. The van der Waals surface area contributed by atoms with Gasteiger partial charge in [-0.15, -0.1) is 0 Å². The maximum absolute atomic E-state index is 13.4. The van der Waals surface area contributed by atoms with E-state index in [1.54, 1.807) is 27.5 Å². The highest BCUT2D eigenvalue weighted by Gasteiger charge is 2.22. The number of benzene rings is 2. The van der Waals surface area contributed by atoms with Gasteiger partial charge in [0.25, 0.3) is 5.91 Å². The van der Waals surface area contributed by atoms with Gasteiger partial charge in [0.2, 0.25) is 0 Å². The van der Waals surface area contributed by atoms with Crippen molar-refractivity contribution in [3.8, 4) is 16.9 Å². The van der Waals surface area contributed by atoms with Crippen molar-refractivity contribution in [2.24, 2.45) is 7.05 Å². The van der Waals surface area contributed by atoms with E-state index in [9.17, 15) is 4.79 Å². The molecule has 1 amide bonds. The van der Waals surface area contributed by atoms with Crippen LogP contribution in [0.5, 0.6) is 0 Å². The number of carbonyl (C=O) groups excluding carboxylic acids is 1. The lowest BCUT2D eigenvalue weighted by molar-refractivity contribution is 0.0786. The average Bonchev–Trinajstić information content (AvgIpc) is 3.35. The summed E-state index contributed by atoms with van der Waals surface area (Å²) in [5.74, 6) is -0.0747. The van der Waals surface area contributed by atoms with E-state index < -0.39 is 0 Å². The highest BCUT2D eigenvalue weighted by Crippen LogP contribution is 2.27. The minimum Gasteiger partial charge on any atom is -0.337 e. The molecule has 0 unspecified atom stereocenters. The molecule has 0 fully saturated rings. The van der Waals surface area contributed by atoms with Gasteiger partial charge in [-0.25, -0.2) is 4.68 Å². The first-order valence-corrected chi connectivity index (χ1v) is 9.47. The fourth-order valence-corrected chi connectivity index (χ4v) is 3.39. The van der Waals surface area contributed by atoms with Crippen LogP contribution in [0.2, 0.25) is 0 Å². The number of aromatic nitrogens is 4. The van der Waals surface area contributed by atoms with E-state index in [4.69, 9.17) is 5.10 Å². The average molecular weight is 385 g/mol. The van der Waals surface area contributed by atoms with Crippen LogP contribution in [-0.4, -0.2) is 37.4 Å². The minimum absolute atomic E-state index is 0.0747. The summed E-state index contributed by atoms with van der Waals surface area (Å²) in [6.45, 7) is 2.51. The number of hydrogen-bond acceptors (Lipinski definition) is 3. The van der Waals surface area contributed by atoms with Crippen LogP contribution in [0, 0.1) is 6.92 Å². The molecule has 146 valence electrons. The second kappa shape index (κ2) is 7.75. The monoisotopic (exact) mass is 385 g/mol. The lowest BCUT2D eigenvalue weighted by atomic mass is 10.0. The number of carbonyl (C=O) groups is 1. The van der Waals surface area contributed by atoms with E-state index in [1.807, 2.05) is 81.0 Å². The molecule has 0 aliphatic heterocycles. The SMILES string of the molecule is Cc1ccccc1-c1nn(-c2ccccc2)cc1C(=O)N(C)Cc1cnn(C)c1. The Morgan fingerprint density at radius 1 is 1.03 bits per heavy atom. The maximum Gasteiger partial charge on any atom is 0.257 e. The third kappa shape index (κ3) is 3.82. The van der Waals surface area contributed by atoms with Gasteiger partial charge in [0.1, 0.15) is 5.69 Å². The number of amides is 1. The largest absolute Gasteiger partial charge is 0.337 e. The van der Waals surface area contributed by atoms with Crippen molar-refractivity contribution >= 4 is 5.91 Å². The van der Waals surface area contributed by atoms with Gasteiger partial charge in [-0.1, -0.05) is 42.5 Å². The van der Waals surface area contributed by atoms with E-state index in [0.717, 1.165) is 22.4 Å². The van der Waals surface area contributed by atoms with E-state index in [2.05, 4.69) is 5.10 Å². The molecule has 2 heterocycles. The Hall–Kier alpha value is -3.67. The zero-order chi connectivity index (χ0) is 20.4. The van der Waals surface area contributed by atoms with Gasteiger partial charge in [-0.2, -0.15) is 10.2 Å². The van der Waals surface area contributed by atoms with Crippen molar-refractivity contribution in [1.29, 1.82) is 0 Å². The van der Waals surface area contributed by atoms with Crippen molar-refractivity contribution in [2.45, 2.75) is 13.5 Å². The molecule has 0 radical (unpaired) electrons. The summed E-state index contributed by atoms with van der Waals surface area (Å²) in [5, 5.41) is 8.96. The summed E-state index contributed by atoms with van der Waals surface area (Å²) in [7, 11) is 3.67. The van der Waals surface area contributed by atoms with Crippen molar-refractivity contribution in [1.82, 2.24) is 24.5 Å². The molecule has 0 aliphatic rings. The van der Waals surface area contributed by atoms with Crippen LogP contribution in [0.1, 0.15) is 21.5 Å². The topological polar surface area (TPSA) is 56.0 Å².